The first-order valence-corrected chi connectivity index (χ1v) is 8.22. The van der Waals surface area contributed by atoms with Crippen molar-refractivity contribution in [1.82, 2.24) is 0 Å². The molecule has 1 unspecified atom stereocenters. The Morgan fingerprint density at radius 3 is 2.80 bits per heavy atom. The van der Waals surface area contributed by atoms with Crippen molar-refractivity contribution in [2.45, 2.75) is 19.9 Å². The first kappa shape index (κ1) is 14.6. The van der Waals surface area contributed by atoms with Gasteiger partial charge in [0.15, 0.2) is 15.7 Å². The third kappa shape index (κ3) is 2.87. The van der Waals surface area contributed by atoms with E-state index < -0.39 is 9.84 Å². The van der Waals surface area contributed by atoms with Crippen molar-refractivity contribution in [1.29, 1.82) is 0 Å². The molecule has 0 amide bonds. The Kier molecular flexibility index (Phi) is 3.89. The molecule has 0 aliphatic carbocycles. The Hall–Kier alpha value is -1.76. The molecule has 7 heteroatoms. The molecule has 1 aromatic carbocycles. The largest absolute Gasteiger partial charge is 0.409 e. The summed E-state index contributed by atoms with van der Waals surface area (Å²) in [5.74, 6) is 0.279. The highest BCUT2D eigenvalue weighted by Gasteiger charge is 2.29. The topological polar surface area (TPSA) is 96.0 Å². The Labute approximate surface area is 118 Å². The average Bonchev–Trinajstić information content (AvgIpc) is 2.37. The molecule has 110 valence electrons. The molecule has 1 atom stereocenters. The fourth-order valence-electron chi connectivity index (χ4n) is 2.52. The maximum atomic E-state index is 11.7. The molecule has 0 bridgehead atoms. The number of rotatable bonds is 2. The van der Waals surface area contributed by atoms with E-state index >= 15 is 0 Å². The SMILES string of the molecule is Cc1ccc(N2CCS(=O)(=O)CC2C)c(/C(N)=N/O)c1. The second kappa shape index (κ2) is 5.32. The van der Waals surface area contributed by atoms with E-state index in [1.54, 1.807) is 0 Å². The van der Waals surface area contributed by atoms with Gasteiger partial charge < -0.3 is 15.8 Å². The van der Waals surface area contributed by atoms with Crippen molar-refractivity contribution in [2.24, 2.45) is 10.9 Å². The minimum absolute atomic E-state index is 0.0318. The molecule has 0 radical (unpaired) electrons. The van der Waals surface area contributed by atoms with Gasteiger partial charge in [0.1, 0.15) is 0 Å². The molecule has 0 aromatic heterocycles. The molecular formula is C13H19N3O3S. The zero-order valence-electron chi connectivity index (χ0n) is 11.6. The van der Waals surface area contributed by atoms with Crippen LogP contribution < -0.4 is 10.6 Å². The predicted molar refractivity (Wildman–Crippen MR) is 79.2 cm³/mol. The van der Waals surface area contributed by atoms with Crippen molar-refractivity contribution in [3.8, 4) is 0 Å². The molecule has 0 saturated carbocycles. The number of oxime groups is 1. The van der Waals surface area contributed by atoms with E-state index in [1.165, 1.54) is 0 Å². The van der Waals surface area contributed by atoms with Crippen LogP contribution in [0.15, 0.2) is 23.4 Å². The summed E-state index contributed by atoms with van der Waals surface area (Å²) in [7, 11) is -2.97. The molecule has 6 nitrogen and oxygen atoms in total. The van der Waals surface area contributed by atoms with Crippen LogP contribution in [0.2, 0.25) is 0 Å². The number of nitrogens with zero attached hydrogens (tertiary/aromatic N) is 2. The van der Waals surface area contributed by atoms with Crippen LogP contribution in [0.4, 0.5) is 5.69 Å². The lowest BCUT2D eigenvalue weighted by Crippen LogP contribution is -2.47. The molecular weight excluding hydrogens is 278 g/mol. The van der Waals surface area contributed by atoms with E-state index in [-0.39, 0.29) is 23.4 Å². The van der Waals surface area contributed by atoms with Crippen molar-refractivity contribution >= 4 is 21.4 Å². The van der Waals surface area contributed by atoms with Crippen molar-refractivity contribution in [2.75, 3.05) is 23.0 Å². The standard InChI is InChI=1S/C13H19N3O3S/c1-9-3-4-12(11(7-9)13(14)15-17)16-5-6-20(18,19)8-10(16)2/h3-4,7,10,17H,5-6,8H2,1-2H3,(H2,14,15). The van der Waals surface area contributed by atoms with E-state index in [1.807, 2.05) is 36.9 Å². The quantitative estimate of drug-likeness (QED) is 0.363. The van der Waals surface area contributed by atoms with Crippen LogP contribution in [0, 0.1) is 6.92 Å². The maximum Gasteiger partial charge on any atom is 0.172 e. The van der Waals surface area contributed by atoms with Gasteiger partial charge >= 0.3 is 0 Å². The molecule has 1 aromatic rings. The number of anilines is 1. The molecule has 2 rings (SSSR count). The van der Waals surface area contributed by atoms with Crippen LogP contribution >= 0.6 is 0 Å². The molecule has 1 aliphatic heterocycles. The first-order chi connectivity index (χ1) is 9.34. The summed E-state index contributed by atoms with van der Waals surface area (Å²) in [4.78, 5) is 1.99. The number of nitrogens with two attached hydrogens (primary N) is 1. The zero-order valence-corrected chi connectivity index (χ0v) is 12.4. The molecule has 1 saturated heterocycles. The predicted octanol–water partition coefficient (Wildman–Crippen LogP) is 0.713. The molecule has 1 aliphatic rings. The maximum absolute atomic E-state index is 11.7. The van der Waals surface area contributed by atoms with Crippen LogP contribution in [0.1, 0.15) is 18.1 Å². The van der Waals surface area contributed by atoms with Crippen molar-refractivity contribution in [3.05, 3.63) is 29.3 Å². The van der Waals surface area contributed by atoms with Crippen LogP contribution in [-0.2, 0) is 9.84 Å². The Morgan fingerprint density at radius 1 is 1.50 bits per heavy atom. The number of hydrogen-bond acceptors (Lipinski definition) is 5. The van der Waals surface area contributed by atoms with E-state index in [4.69, 9.17) is 10.9 Å². The van der Waals surface area contributed by atoms with Gasteiger partial charge in [-0.05, 0) is 26.0 Å². The molecule has 1 heterocycles. The van der Waals surface area contributed by atoms with Crippen LogP contribution in [0.25, 0.3) is 0 Å². The third-order valence-corrected chi connectivity index (χ3v) is 5.31. The summed E-state index contributed by atoms with van der Waals surface area (Å²) in [5, 5.41) is 12.0. The van der Waals surface area contributed by atoms with Crippen LogP contribution in [0.3, 0.4) is 0 Å². The molecule has 20 heavy (non-hydrogen) atoms. The van der Waals surface area contributed by atoms with Gasteiger partial charge in [-0.25, -0.2) is 8.42 Å². The molecule has 0 spiro atoms. The summed E-state index contributed by atoms with van der Waals surface area (Å²) in [5.41, 5.74) is 8.14. The fourth-order valence-corrected chi connectivity index (χ4v) is 4.07. The smallest absolute Gasteiger partial charge is 0.172 e. The van der Waals surface area contributed by atoms with Gasteiger partial charge in [0.2, 0.25) is 0 Å². The summed E-state index contributed by atoms with van der Waals surface area (Å²) >= 11 is 0. The highest BCUT2D eigenvalue weighted by atomic mass is 32.2. The number of benzene rings is 1. The first-order valence-electron chi connectivity index (χ1n) is 6.39. The van der Waals surface area contributed by atoms with E-state index in [2.05, 4.69) is 5.16 Å². The Balaban J connectivity index is 2.43. The lowest BCUT2D eigenvalue weighted by Gasteiger charge is -2.36. The van der Waals surface area contributed by atoms with Gasteiger partial charge in [-0.1, -0.05) is 16.8 Å². The number of hydrogen-bond donors (Lipinski definition) is 2. The lowest BCUT2D eigenvalue weighted by molar-refractivity contribution is 0.318. The minimum atomic E-state index is -2.97. The second-order valence-corrected chi connectivity index (χ2v) is 7.39. The number of amidine groups is 1. The Bertz CT molecular complexity index is 640. The minimum Gasteiger partial charge on any atom is -0.409 e. The second-order valence-electron chi connectivity index (χ2n) is 5.16. The zero-order chi connectivity index (χ0) is 14.9. The average molecular weight is 297 g/mol. The van der Waals surface area contributed by atoms with E-state index in [0.29, 0.717) is 12.1 Å². The van der Waals surface area contributed by atoms with Gasteiger partial charge in [0.05, 0.1) is 11.5 Å². The molecule has 1 fully saturated rings. The number of sulfone groups is 1. The molecule has 3 N–H and O–H groups in total. The Morgan fingerprint density at radius 2 is 2.20 bits per heavy atom. The summed E-state index contributed by atoms with van der Waals surface area (Å²) in [6.45, 7) is 4.20. The highest BCUT2D eigenvalue weighted by Crippen LogP contribution is 2.26. The fraction of sp³-hybridized carbons (Fsp3) is 0.462. The third-order valence-electron chi connectivity index (χ3n) is 3.52. The van der Waals surface area contributed by atoms with Crippen LogP contribution in [0.5, 0.6) is 0 Å². The summed E-state index contributed by atoms with van der Waals surface area (Å²) in [6.07, 6.45) is 0. The van der Waals surface area contributed by atoms with Gasteiger partial charge in [-0.15, -0.1) is 0 Å². The van der Waals surface area contributed by atoms with Gasteiger partial charge in [-0.2, -0.15) is 0 Å². The monoisotopic (exact) mass is 297 g/mol. The van der Waals surface area contributed by atoms with E-state index in [0.717, 1.165) is 11.3 Å². The summed E-state index contributed by atoms with van der Waals surface area (Å²) < 4.78 is 23.3. The lowest BCUT2D eigenvalue weighted by atomic mass is 10.1. The van der Waals surface area contributed by atoms with Crippen LogP contribution in [-0.4, -0.2) is 43.6 Å². The van der Waals surface area contributed by atoms with Gasteiger partial charge in [-0.3, -0.25) is 0 Å². The summed E-state index contributed by atoms with van der Waals surface area (Å²) in [6, 6.07) is 5.51. The van der Waals surface area contributed by atoms with Gasteiger partial charge in [0, 0.05) is 23.8 Å². The van der Waals surface area contributed by atoms with Gasteiger partial charge in [0.25, 0.3) is 0 Å². The highest BCUT2D eigenvalue weighted by molar-refractivity contribution is 7.91. The normalized spacial score (nSPS) is 22.8. The van der Waals surface area contributed by atoms with E-state index in [9.17, 15) is 8.42 Å². The number of aryl methyl sites for hydroxylation is 1. The van der Waals surface area contributed by atoms with Crippen molar-refractivity contribution < 1.29 is 13.6 Å². The van der Waals surface area contributed by atoms with Crippen molar-refractivity contribution in [3.63, 3.8) is 0 Å².